The summed E-state index contributed by atoms with van der Waals surface area (Å²) in [5.74, 6) is 0.652. The second-order valence-electron chi connectivity index (χ2n) is 4.24. The summed E-state index contributed by atoms with van der Waals surface area (Å²) in [7, 11) is 3.07. The summed E-state index contributed by atoms with van der Waals surface area (Å²) in [5, 5.41) is 0. The summed E-state index contributed by atoms with van der Waals surface area (Å²) in [6.07, 6.45) is 0. The third kappa shape index (κ3) is 3.76. The largest absolute Gasteiger partial charge is 0.493 e. The van der Waals surface area contributed by atoms with E-state index in [-0.39, 0.29) is 6.61 Å². The molecule has 0 aromatic heterocycles. The van der Waals surface area contributed by atoms with Gasteiger partial charge in [-0.15, -0.1) is 0 Å². The van der Waals surface area contributed by atoms with E-state index in [2.05, 4.69) is 15.9 Å². The van der Waals surface area contributed by atoms with Crippen molar-refractivity contribution in [3.63, 3.8) is 0 Å². The summed E-state index contributed by atoms with van der Waals surface area (Å²) in [4.78, 5) is 12.1. The predicted octanol–water partition coefficient (Wildman–Crippen LogP) is 3.82. The smallest absolute Gasteiger partial charge is 0.338 e. The molecule has 0 aliphatic heterocycles. The lowest BCUT2D eigenvalue weighted by Crippen LogP contribution is -2.06. The van der Waals surface area contributed by atoms with Gasteiger partial charge in [-0.05, 0) is 24.3 Å². The van der Waals surface area contributed by atoms with Crippen LogP contribution in [0.2, 0.25) is 0 Å². The summed E-state index contributed by atoms with van der Waals surface area (Å²) in [6.45, 7) is 0.203. The number of benzene rings is 2. The Morgan fingerprint density at radius 3 is 2.43 bits per heavy atom. The standard InChI is InChI=1S/C16H15BrO4/c1-19-14-8-7-11(9-15(14)20-2)16(18)21-10-12-5-3-4-6-13(12)17/h3-9H,10H2,1-2H3. The first-order valence-corrected chi connectivity index (χ1v) is 7.07. The maximum Gasteiger partial charge on any atom is 0.338 e. The highest BCUT2D eigenvalue weighted by molar-refractivity contribution is 9.10. The van der Waals surface area contributed by atoms with Gasteiger partial charge >= 0.3 is 5.97 Å². The number of ether oxygens (including phenoxy) is 3. The van der Waals surface area contributed by atoms with Crippen molar-refractivity contribution in [1.29, 1.82) is 0 Å². The normalized spacial score (nSPS) is 10.0. The molecule has 21 heavy (non-hydrogen) atoms. The Kier molecular flexibility index (Phi) is 5.22. The third-order valence-electron chi connectivity index (χ3n) is 2.94. The maximum absolute atomic E-state index is 12.1. The molecule has 0 amide bonds. The Labute approximate surface area is 131 Å². The third-order valence-corrected chi connectivity index (χ3v) is 3.71. The van der Waals surface area contributed by atoms with Crippen LogP contribution in [0.3, 0.4) is 0 Å². The molecule has 0 saturated carbocycles. The van der Waals surface area contributed by atoms with Crippen LogP contribution in [0.4, 0.5) is 0 Å². The second kappa shape index (κ2) is 7.13. The van der Waals surface area contributed by atoms with Crippen LogP contribution in [-0.2, 0) is 11.3 Å². The van der Waals surface area contributed by atoms with Crippen molar-refractivity contribution in [1.82, 2.24) is 0 Å². The first-order valence-electron chi connectivity index (χ1n) is 6.28. The average Bonchev–Trinajstić information content (AvgIpc) is 2.53. The number of carbonyl (C=O) groups excluding carboxylic acids is 1. The fourth-order valence-electron chi connectivity index (χ4n) is 1.81. The van der Waals surface area contributed by atoms with Crippen LogP contribution >= 0.6 is 15.9 Å². The molecule has 4 nitrogen and oxygen atoms in total. The van der Waals surface area contributed by atoms with Crippen molar-refractivity contribution in [2.45, 2.75) is 6.61 Å². The van der Waals surface area contributed by atoms with Crippen molar-refractivity contribution in [2.24, 2.45) is 0 Å². The fraction of sp³-hybridized carbons (Fsp3) is 0.188. The van der Waals surface area contributed by atoms with Crippen LogP contribution in [0, 0.1) is 0 Å². The first-order chi connectivity index (χ1) is 10.2. The van der Waals surface area contributed by atoms with E-state index in [0.29, 0.717) is 17.1 Å². The summed E-state index contributed by atoms with van der Waals surface area (Å²) in [5.41, 5.74) is 1.33. The quantitative estimate of drug-likeness (QED) is 0.769. The van der Waals surface area contributed by atoms with Crippen molar-refractivity contribution in [3.05, 3.63) is 58.1 Å². The van der Waals surface area contributed by atoms with Crippen molar-refractivity contribution in [2.75, 3.05) is 14.2 Å². The zero-order chi connectivity index (χ0) is 15.2. The van der Waals surface area contributed by atoms with Gasteiger partial charge in [0.15, 0.2) is 11.5 Å². The number of hydrogen-bond acceptors (Lipinski definition) is 4. The number of halogens is 1. The number of hydrogen-bond donors (Lipinski definition) is 0. The SMILES string of the molecule is COc1ccc(C(=O)OCc2ccccc2Br)cc1OC. The van der Waals surface area contributed by atoms with Crippen molar-refractivity contribution >= 4 is 21.9 Å². The lowest BCUT2D eigenvalue weighted by atomic mass is 10.2. The van der Waals surface area contributed by atoms with E-state index in [9.17, 15) is 4.79 Å². The predicted molar refractivity (Wildman–Crippen MR) is 82.8 cm³/mol. The van der Waals surface area contributed by atoms with E-state index >= 15 is 0 Å². The van der Waals surface area contributed by atoms with Gasteiger partial charge in [0.25, 0.3) is 0 Å². The second-order valence-corrected chi connectivity index (χ2v) is 5.09. The molecule has 0 atom stereocenters. The Hall–Kier alpha value is -2.01. The molecule has 0 saturated heterocycles. The van der Waals surface area contributed by atoms with E-state index < -0.39 is 5.97 Å². The van der Waals surface area contributed by atoms with Gasteiger partial charge in [-0.3, -0.25) is 0 Å². The van der Waals surface area contributed by atoms with Gasteiger partial charge in [-0.2, -0.15) is 0 Å². The highest BCUT2D eigenvalue weighted by atomic mass is 79.9. The highest BCUT2D eigenvalue weighted by Crippen LogP contribution is 2.28. The minimum Gasteiger partial charge on any atom is -0.493 e. The van der Waals surface area contributed by atoms with Gasteiger partial charge in [0, 0.05) is 10.0 Å². The molecular formula is C16H15BrO4. The Morgan fingerprint density at radius 2 is 1.76 bits per heavy atom. The lowest BCUT2D eigenvalue weighted by Gasteiger charge is -2.10. The van der Waals surface area contributed by atoms with Crippen LogP contribution in [0.5, 0.6) is 11.5 Å². The fourth-order valence-corrected chi connectivity index (χ4v) is 2.20. The van der Waals surface area contributed by atoms with E-state index in [1.165, 1.54) is 7.11 Å². The van der Waals surface area contributed by atoms with E-state index in [4.69, 9.17) is 14.2 Å². The molecule has 2 rings (SSSR count). The lowest BCUT2D eigenvalue weighted by molar-refractivity contribution is 0.0471. The molecule has 0 N–H and O–H groups in total. The average molecular weight is 351 g/mol. The van der Waals surface area contributed by atoms with Gasteiger partial charge in [0.05, 0.1) is 19.8 Å². The number of carbonyl (C=O) groups is 1. The van der Waals surface area contributed by atoms with Crippen LogP contribution < -0.4 is 9.47 Å². The highest BCUT2D eigenvalue weighted by Gasteiger charge is 2.12. The molecule has 0 heterocycles. The maximum atomic E-state index is 12.1. The minimum absolute atomic E-state index is 0.203. The van der Waals surface area contributed by atoms with Gasteiger partial charge in [-0.1, -0.05) is 34.1 Å². The van der Waals surface area contributed by atoms with Crippen LogP contribution in [0.25, 0.3) is 0 Å². The van der Waals surface area contributed by atoms with E-state index in [1.54, 1.807) is 25.3 Å². The van der Waals surface area contributed by atoms with Gasteiger partial charge in [-0.25, -0.2) is 4.79 Å². The molecular weight excluding hydrogens is 336 g/mol. The number of rotatable bonds is 5. The zero-order valence-corrected chi connectivity index (χ0v) is 13.3. The summed E-state index contributed by atoms with van der Waals surface area (Å²) >= 11 is 3.42. The molecule has 110 valence electrons. The number of methoxy groups -OCH3 is 2. The van der Waals surface area contributed by atoms with E-state index in [0.717, 1.165) is 10.0 Å². The van der Waals surface area contributed by atoms with Crippen molar-refractivity contribution < 1.29 is 19.0 Å². The molecule has 0 fully saturated rings. The molecule has 0 spiro atoms. The van der Waals surface area contributed by atoms with Crippen LogP contribution in [0.15, 0.2) is 46.9 Å². The van der Waals surface area contributed by atoms with Crippen molar-refractivity contribution in [3.8, 4) is 11.5 Å². The van der Waals surface area contributed by atoms with Gasteiger partial charge < -0.3 is 14.2 Å². The Balaban J connectivity index is 2.09. The minimum atomic E-state index is -0.410. The molecule has 0 aliphatic carbocycles. The summed E-state index contributed by atoms with van der Waals surface area (Å²) in [6, 6.07) is 12.5. The molecule has 0 radical (unpaired) electrons. The van der Waals surface area contributed by atoms with Gasteiger partial charge in [0.2, 0.25) is 0 Å². The van der Waals surface area contributed by atoms with Crippen LogP contribution in [-0.4, -0.2) is 20.2 Å². The topological polar surface area (TPSA) is 44.8 Å². The monoisotopic (exact) mass is 350 g/mol. The molecule has 0 aliphatic rings. The Bertz CT molecular complexity index is 640. The van der Waals surface area contributed by atoms with Crippen LogP contribution in [0.1, 0.15) is 15.9 Å². The molecule has 5 heteroatoms. The molecule has 2 aromatic carbocycles. The zero-order valence-electron chi connectivity index (χ0n) is 11.8. The number of esters is 1. The summed E-state index contributed by atoms with van der Waals surface area (Å²) < 4.78 is 16.5. The van der Waals surface area contributed by atoms with E-state index in [1.807, 2.05) is 24.3 Å². The first kappa shape index (κ1) is 15.4. The Morgan fingerprint density at radius 1 is 1.05 bits per heavy atom. The molecule has 2 aromatic rings. The van der Waals surface area contributed by atoms with Gasteiger partial charge in [0.1, 0.15) is 6.61 Å². The molecule has 0 unspecified atom stereocenters. The molecule has 0 bridgehead atoms.